The maximum atomic E-state index is 11.6. The molecule has 0 unspecified atom stereocenters. The van der Waals surface area contributed by atoms with E-state index in [0.29, 0.717) is 0 Å². The van der Waals surface area contributed by atoms with E-state index in [1.54, 1.807) is 13.8 Å². The minimum atomic E-state index is -0.979. The van der Waals surface area contributed by atoms with Crippen molar-refractivity contribution in [1.82, 2.24) is 5.32 Å². The lowest BCUT2D eigenvalue weighted by Crippen LogP contribution is -2.51. The molecule has 4 N–H and O–H groups in total. The van der Waals surface area contributed by atoms with Gasteiger partial charge in [-0.1, -0.05) is 20.8 Å². The number of hydrogen-bond donors (Lipinski definition) is 3. The van der Waals surface area contributed by atoms with Gasteiger partial charge in [-0.05, 0) is 19.3 Å². The standard InChI is InChI=1S/C11H22N2O3/c1-10(2,3)7(12)8(14)13-6-11(4,5)9(15)16/h7H,6,12H2,1-5H3,(H,13,14)(H,15,16)/t7-/m1/s1. The first-order chi connectivity index (χ1) is 6.98. The Bertz CT molecular complexity index is 279. The highest BCUT2D eigenvalue weighted by atomic mass is 16.4. The van der Waals surface area contributed by atoms with Gasteiger partial charge in [0.2, 0.25) is 5.91 Å². The number of carbonyl (C=O) groups excluding carboxylic acids is 1. The lowest BCUT2D eigenvalue weighted by atomic mass is 9.86. The maximum absolute atomic E-state index is 11.6. The van der Waals surface area contributed by atoms with Crippen LogP contribution in [0.3, 0.4) is 0 Å². The van der Waals surface area contributed by atoms with Crippen molar-refractivity contribution in [2.24, 2.45) is 16.6 Å². The van der Waals surface area contributed by atoms with Crippen LogP contribution in [0, 0.1) is 10.8 Å². The van der Waals surface area contributed by atoms with Gasteiger partial charge < -0.3 is 16.2 Å². The predicted octanol–water partition coefficient (Wildman–Crippen LogP) is 0.587. The minimum absolute atomic E-state index is 0.0744. The highest BCUT2D eigenvalue weighted by Gasteiger charge is 2.31. The number of amides is 1. The van der Waals surface area contributed by atoms with Crippen molar-refractivity contribution < 1.29 is 14.7 Å². The summed E-state index contributed by atoms with van der Waals surface area (Å²) in [6, 6.07) is -0.642. The molecule has 0 aliphatic rings. The SMILES string of the molecule is CC(C)(CNC(=O)[C@@H](N)C(C)(C)C)C(=O)O. The summed E-state index contributed by atoms with van der Waals surface area (Å²) < 4.78 is 0. The highest BCUT2D eigenvalue weighted by molar-refractivity contribution is 5.83. The van der Waals surface area contributed by atoms with E-state index >= 15 is 0 Å². The molecular formula is C11H22N2O3. The van der Waals surface area contributed by atoms with Gasteiger partial charge in [0.05, 0.1) is 11.5 Å². The van der Waals surface area contributed by atoms with Crippen LogP contribution in [0.25, 0.3) is 0 Å². The van der Waals surface area contributed by atoms with Crippen molar-refractivity contribution in [3.63, 3.8) is 0 Å². The number of aliphatic carboxylic acids is 1. The lowest BCUT2D eigenvalue weighted by molar-refractivity contribution is -0.146. The second-order valence-electron chi connectivity index (χ2n) is 5.75. The van der Waals surface area contributed by atoms with E-state index in [4.69, 9.17) is 10.8 Å². The van der Waals surface area contributed by atoms with Crippen LogP contribution in [0.5, 0.6) is 0 Å². The van der Waals surface area contributed by atoms with Crippen molar-refractivity contribution in [3.05, 3.63) is 0 Å². The largest absolute Gasteiger partial charge is 0.481 e. The average molecular weight is 230 g/mol. The summed E-state index contributed by atoms with van der Waals surface area (Å²) >= 11 is 0. The van der Waals surface area contributed by atoms with Crippen molar-refractivity contribution in [2.45, 2.75) is 40.7 Å². The molecule has 0 rings (SSSR count). The Labute approximate surface area is 96.4 Å². The number of nitrogens with one attached hydrogen (secondary N) is 1. The molecule has 0 saturated carbocycles. The fourth-order valence-corrected chi connectivity index (χ4v) is 0.887. The summed E-state index contributed by atoms with van der Waals surface area (Å²) in [5, 5.41) is 11.4. The molecule has 0 fully saturated rings. The van der Waals surface area contributed by atoms with Crippen LogP contribution >= 0.6 is 0 Å². The molecule has 0 radical (unpaired) electrons. The molecule has 0 aliphatic heterocycles. The highest BCUT2D eigenvalue weighted by Crippen LogP contribution is 2.18. The van der Waals surface area contributed by atoms with Gasteiger partial charge in [-0.25, -0.2) is 0 Å². The summed E-state index contributed by atoms with van der Waals surface area (Å²) in [6.07, 6.45) is 0. The van der Waals surface area contributed by atoms with E-state index in [9.17, 15) is 9.59 Å². The number of hydrogen-bond acceptors (Lipinski definition) is 3. The van der Waals surface area contributed by atoms with Gasteiger partial charge in [-0.15, -0.1) is 0 Å². The molecule has 5 nitrogen and oxygen atoms in total. The third-order valence-electron chi connectivity index (χ3n) is 2.50. The van der Waals surface area contributed by atoms with Gasteiger partial charge in [-0.2, -0.15) is 0 Å². The lowest BCUT2D eigenvalue weighted by Gasteiger charge is -2.27. The van der Waals surface area contributed by atoms with Crippen molar-refractivity contribution in [1.29, 1.82) is 0 Å². The van der Waals surface area contributed by atoms with Gasteiger partial charge in [0.15, 0.2) is 0 Å². The zero-order valence-corrected chi connectivity index (χ0v) is 10.6. The van der Waals surface area contributed by atoms with Gasteiger partial charge in [0.25, 0.3) is 0 Å². The molecule has 0 aromatic heterocycles. The molecule has 1 atom stereocenters. The van der Waals surface area contributed by atoms with E-state index in [1.165, 1.54) is 0 Å². The molecule has 0 aromatic carbocycles. The fourth-order valence-electron chi connectivity index (χ4n) is 0.887. The second-order valence-corrected chi connectivity index (χ2v) is 5.75. The third kappa shape index (κ3) is 4.18. The van der Waals surface area contributed by atoms with Crippen LogP contribution in [0.15, 0.2) is 0 Å². The topological polar surface area (TPSA) is 92.4 Å². The molecule has 0 aliphatic carbocycles. The smallest absolute Gasteiger partial charge is 0.310 e. The summed E-state index contributed by atoms with van der Waals surface area (Å²) in [4.78, 5) is 22.4. The molecule has 0 saturated heterocycles. The molecule has 5 heteroatoms. The number of carboxylic acid groups (broad SMARTS) is 1. The van der Waals surface area contributed by atoms with Crippen LogP contribution in [0.2, 0.25) is 0 Å². The van der Waals surface area contributed by atoms with Crippen LogP contribution in [0.1, 0.15) is 34.6 Å². The summed E-state index contributed by atoms with van der Waals surface area (Å²) in [5.74, 6) is -1.26. The number of nitrogens with two attached hydrogens (primary N) is 1. The minimum Gasteiger partial charge on any atom is -0.481 e. The normalized spacial score (nSPS) is 14.4. The zero-order valence-electron chi connectivity index (χ0n) is 10.6. The third-order valence-corrected chi connectivity index (χ3v) is 2.50. The summed E-state index contributed by atoms with van der Waals surface area (Å²) in [7, 11) is 0. The maximum Gasteiger partial charge on any atom is 0.310 e. The molecule has 0 spiro atoms. The second kappa shape index (κ2) is 4.82. The number of rotatable bonds is 4. The van der Waals surface area contributed by atoms with Crippen molar-refractivity contribution >= 4 is 11.9 Å². The molecule has 1 amide bonds. The van der Waals surface area contributed by atoms with Gasteiger partial charge in [-0.3, -0.25) is 9.59 Å². The molecule has 0 aromatic rings. The summed E-state index contributed by atoms with van der Waals surface area (Å²) in [5.41, 5.74) is 4.43. The summed E-state index contributed by atoms with van der Waals surface area (Å²) in [6.45, 7) is 8.76. The van der Waals surface area contributed by atoms with E-state index < -0.39 is 17.4 Å². The Hall–Kier alpha value is -1.10. The molecule has 94 valence electrons. The molecule has 0 heterocycles. The molecular weight excluding hydrogens is 208 g/mol. The Morgan fingerprint density at radius 3 is 2.00 bits per heavy atom. The van der Waals surface area contributed by atoms with Crippen LogP contribution < -0.4 is 11.1 Å². The van der Waals surface area contributed by atoms with Crippen molar-refractivity contribution in [3.8, 4) is 0 Å². The number of carbonyl (C=O) groups is 2. The van der Waals surface area contributed by atoms with E-state index in [-0.39, 0.29) is 17.9 Å². The number of carboxylic acids is 1. The quantitative estimate of drug-likeness (QED) is 0.659. The van der Waals surface area contributed by atoms with E-state index in [0.717, 1.165) is 0 Å². The van der Waals surface area contributed by atoms with E-state index in [1.807, 2.05) is 20.8 Å². The van der Waals surface area contributed by atoms with Crippen LogP contribution in [0.4, 0.5) is 0 Å². The van der Waals surface area contributed by atoms with Gasteiger partial charge in [0.1, 0.15) is 0 Å². The predicted molar refractivity (Wildman–Crippen MR) is 61.9 cm³/mol. The average Bonchev–Trinajstić information content (AvgIpc) is 2.11. The molecule has 0 bridgehead atoms. The Balaban J connectivity index is 4.34. The monoisotopic (exact) mass is 230 g/mol. The first-order valence-corrected chi connectivity index (χ1v) is 5.25. The van der Waals surface area contributed by atoms with Crippen molar-refractivity contribution in [2.75, 3.05) is 6.54 Å². The Kier molecular flexibility index (Phi) is 4.49. The van der Waals surface area contributed by atoms with Gasteiger partial charge in [0, 0.05) is 6.54 Å². The Morgan fingerprint density at radius 2 is 1.69 bits per heavy atom. The first kappa shape index (κ1) is 14.9. The Morgan fingerprint density at radius 1 is 1.25 bits per heavy atom. The first-order valence-electron chi connectivity index (χ1n) is 5.25. The van der Waals surface area contributed by atoms with Gasteiger partial charge >= 0.3 is 5.97 Å². The zero-order chi connectivity index (χ0) is 13.1. The van der Waals surface area contributed by atoms with Crippen LogP contribution in [-0.4, -0.2) is 29.6 Å². The molecule has 16 heavy (non-hydrogen) atoms. The van der Waals surface area contributed by atoms with Crippen LogP contribution in [-0.2, 0) is 9.59 Å². The fraction of sp³-hybridized carbons (Fsp3) is 0.818. The van der Waals surface area contributed by atoms with E-state index in [2.05, 4.69) is 5.32 Å².